The first-order valence-electron chi connectivity index (χ1n) is 7.48. The summed E-state index contributed by atoms with van der Waals surface area (Å²) in [5.41, 5.74) is 1.92. The van der Waals surface area contributed by atoms with Crippen LogP contribution in [0.25, 0.3) is 11.0 Å². The minimum Gasteiger partial charge on any atom is -0.381 e. The zero-order valence-corrected chi connectivity index (χ0v) is 12.4. The number of hydrogen-bond donors (Lipinski definition) is 2. The number of amides is 1. The molecule has 112 valence electrons. The molecule has 2 heterocycles. The van der Waals surface area contributed by atoms with Crippen LogP contribution in [0.15, 0.2) is 24.3 Å². The number of carbonyl (C=O) groups is 1. The summed E-state index contributed by atoms with van der Waals surface area (Å²) in [6.45, 7) is 5.37. The van der Waals surface area contributed by atoms with Crippen molar-refractivity contribution in [2.24, 2.45) is 11.8 Å². The van der Waals surface area contributed by atoms with Gasteiger partial charge in [-0.1, -0.05) is 26.0 Å². The average Bonchev–Trinajstić information content (AvgIpc) is 3.12. The Morgan fingerprint density at radius 2 is 2.24 bits per heavy atom. The summed E-state index contributed by atoms with van der Waals surface area (Å²) in [6.07, 6.45) is 0.802. The number of aromatic amines is 1. The van der Waals surface area contributed by atoms with Gasteiger partial charge in [-0.3, -0.25) is 4.79 Å². The van der Waals surface area contributed by atoms with Gasteiger partial charge in [0.05, 0.1) is 29.6 Å². The Morgan fingerprint density at radius 1 is 1.43 bits per heavy atom. The maximum Gasteiger partial charge on any atom is 0.226 e. The summed E-state index contributed by atoms with van der Waals surface area (Å²) in [5.74, 6) is 1.11. The number of imidazole rings is 1. The summed E-state index contributed by atoms with van der Waals surface area (Å²) in [4.78, 5) is 20.2. The van der Waals surface area contributed by atoms with Gasteiger partial charge in [-0.05, 0) is 24.5 Å². The number of nitrogens with zero attached hydrogens (tertiary/aromatic N) is 1. The fourth-order valence-electron chi connectivity index (χ4n) is 2.68. The van der Waals surface area contributed by atoms with E-state index in [0.29, 0.717) is 13.2 Å². The lowest BCUT2D eigenvalue weighted by Crippen LogP contribution is -2.37. The molecule has 1 aliphatic heterocycles. The minimum absolute atomic E-state index is 0.0318. The quantitative estimate of drug-likeness (QED) is 0.907. The summed E-state index contributed by atoms with van der Waals surface area (Å²) < 4.78 is 5.29. The Balaban J connectivity index is 1.81. The third kappa shape index (κ3) is 2.93. The third-order valence-electron chi connectivity index (χ3n) is 3.97. The molecule has 1 aromatic carbocycles. The minimum atomic E-state index is -0.106. The maximum atomic E-state index is 12.3. The predicted octanol–water partition coefficient (Wildman–Crippen LogP) is 2.41. The fourth-order valence-corrected chi connectivity index (χ4v) is 2.68. The number of benzene rings is 1. The van der Waals surface area contributed by atoms with E-state index in [1.54, 1.807) is 0 Å². The highest BCUT2D eigenvalue weighted by Crippen LogP contribution is 2.23. The number of hydrogen-bond acceptors (Lipinski definition) is 3. The highest BCUT2D eigenvalue weighted by Gasteiger charge is 2.28. The molecule has 0 saturated carbocycles. The van der Waals surface area contributed by atoms with Crippen molar-refractivity contribution in [3.63, 3.8) is 0 Å². The predicted molar refractivity (Wildman–Crippen MR) is 80.7 cm³/mol. The van der Waals surface area contributed by atoms with Gasteiger partial charge in [-0.25, -0.2) is 4.98 Å². The van der Waals surface area contributed by atoms with Crippen LogP contribution in [0.2, 0.25) is 0 Å². The smallest absolute Gasteiger partial charge is 0.226 e. The van der Waals surface area contributed by atoms with Crippen molar-refractivity contribution >= 4 is 16.9 Å². The van der Waals surface area contributed by atoms with Gasteiger partial charge in [0.15, 0.2) is 0 Å². The van der Waals surface area contributed by atoms with Crippen molar-refractivity contribution in [1.29, 1.82) is 0 Å². The second-order valence-corrected chi connectivity index (χ2v) is 5.93. The zero-order chi connectivity index (χ0) is 14.8. The molecule has 5 heteroatoms. The van der Waals surface area contributed by atoms with Crippen molar-refractivity contribution in [1.82, 2.24) is 15.3 Å². The lowest BCUT2D eigenvalue weighted by molar-refractivity contribution is -0.126. The van der Waals surface area contributed by atoms with Gasteiger partial charge in [-0.2, -0.15) is 0 Å². The second-order valence-electron chi connectivity index (χ2n) is 5.93. The molecule has 0 aliphatic carbocycles. The second kappa shape index (κ2) is 5.85. The normalized spacial score (nSPS) is 20.0. The number of rotatable bonds is 4. The number of fused-ring (bicyclic) bond motifs is 1. The number of para-hydroxylation sites is 2. The van der Waals surface area contributed by atoms with Gasteiger partial charge in [0, 0.05) is 6.61 Å². The van der Waals surface area contributed by atoms with E-state index in [4.69, 9.17) is 4.74 Å². The SMILES string of the molecule is CC(C)[C@H](NC(=O)C1CCOC1)c1nc2ccccc2[nH]1. The fraction of sp³-hybridized carbons (Fsp3) is 0.500. The summed E-state index contributed by atoms with van der Waals surface area (Å²) in [7, 11) is 0. The molecule has 1 fully saturated rings. The molecule has 3 rings (SSSR count). The standard InChI is InChI=1S/C16H21N3O2/c1-10(2)14(19-16(20)11-7-8-21-9-11)15-17-12-5-3-4-6-13(12)18-15/h3-6,10-11,14H,7-9H2,1-2H3,(H,17,18)(H,19,20)/t11?,14-/m0/s1. The molecule has 1 aliphatic rings. The van der Waals surface area contributed by atoms with Crippen LogP contribution in [0.3, 0.4) is 0 Å². The summed E-state index contributed by atoms with van der Waals surface area (Å²) in [5, 5.41) is 3.12. The summed E-state index contributed by atoms with van der Waals surface area (Å²) >= 11 is 0. The molecule has 1 aromatic heterocycles. The van der Waals surface area contributed by atoms with E-state index >= 15 is 0 Å². The maximum absolute atomic E-state index is 12.3. The van der Waals surface area contributed by atoms with Crippen LogP contribution in [-0.2, 0) is 9.53 Å². The van der Waals surface area contributed by atoms with E-state index < -0.39 is 0 Å². The average molecular weight is 287 g/mol. The van der Waals surface area contributed by atoms with Crippen LogP contribution in [0, 0.1) is 11.8 Å². The number of H-pyrrole nitrogens is 1. The molecule has 2 N–H and O–H groups in total. The lowest BCUT2D eigenvalue weighted by Gasteiger charge is -2.22. The van der Waals surface area contributed by atoms with Crippen molar-refractivity contribution in [3.05, 3.63) is 30.1 Å². The van der Waals surface area contributed by atoms with Gasteiger partial charge in [0.2, 0.25) is 5.91 Å². The van der Waals surface area contributed by atoms with Crippen molar-refractivity contribution < 1.29 is 9.53 Å². The van der Waals surface area contributed by atoms with Crippen LogP contribution < -0.4 is 5.32 Å². The molecule has 21 heavy (non-hydrogen) atoms. The largest absolute Gasteiger partial charge is 0.381 e. The van der Waals surface area contributed by atoms with Gasteiger partial charge < -0.3 is 15.0 Å². The monoisotopic (exact) mass is 287 g/mol. The Morgan fingerprint density at radius 3 is 2.90 bits per heavy atom. The van der Waals surface area contributed by atoms with E-state index in [-0.39, 0.29) is 23.8 Å². The first-order valence-corrected chi connectivity index (χ1v) is 7.48. The highest BCUT2D eigenvalue weighted by molar-refractivity contribution is 5.80. The Bertz CT molecular complexity index is 596. The first-order chi connectivity index (χ1) is 10.1. The van der Waals surface area contributed by atoms with Crippen molar-refractivity contribution in [2.75, 3.05) is 13.2 Å². The van der Waals surface area contributed by atoms with E-state index in [9.17, 15) is 4.79 Å². The number of carbonyl (C=O) groups excluding carboxylic acids is 1. The number of aromatic nitrogens is 2. The molecule has 0 spiro atoms. The molecule has 2 atom stereocenters. The number of nitrogens with one attached hydrogen (secondary N) is 2. The molecular formula is C16H21N3O2. The van der Waals surface area contributed by atoms with E-state index in [0.717, 1.165) is 23.3 Å². The van der Waals surface area contributed by atoms with E-state index in [1.165, 1.54) is 0 Å². The molecule has 1 unspecified atom stereocenters. The van der Waals surface area contributed by atoms with Gasteiger partial charge >= 0.3 is 0 Å². The van der Waals surface area contributed by atoms with Crippen molar-refractivity contribution in [3.8, 4) is 0 Å². The third-order valence-corrected chi connectivity index (χ3v) is 3.97. The van der Waals surface area contributed by atoms with Crippen LogP contribution in [0.4, 0.5) is 0 Å². The van der Waals surface area contributed by atoms with Crippen LogP contribution in [0.5, 0.6) is 0 Å². The summed E-state index contributed by atoms with van der Waals surface area (Å²) in [6, 6.07) is 7.80. The van der Waals surface area contributed by atoms with E-state index in [2.05, 4.69) is 29.1 Å². The highest BCUT2D eigenvalue weighted by atomic mass is 16.5. The topological polar surface area (TPSA) is 67.0 Å². The lowest BCUT2D eigenvalue weighted by atomic mass is 10.0. The Labute approximate surface area is 124 Å². The van der Waals surface area contributed by atoms with Gasteiger partial charge in [-0.15, -0.1) is 0 Å². The van der Waals surface area contributed by atoms with Crippen LogP contribution >= 0.6 is 0 Å². The van der Waals surface area contributed by atoms with Gasteiger partial charge in [0.25, 0.3) is 0 Å². The zero-order valence-electron chi connectivity index (χ0n) is 12.4. The Hall–Kier alpha value is -1.88. The molecule has 1 amide bonds. The molecular weight excluding hydrogens is 266 g/mol. The number of ether oxygens (including phenoxy) is 1. The van der Waals surface area contributed by atoms with Crippen LogP contribution in [0.1, 0.15) is 32.1 Å². The van der Waals surface area contributed by atoms with E-state index in [1.807, 2.05) is 24.3 Å². The molecule has 2 aromatic rings. The first kappa shape index (κ1) is 14.1. The molecule has 0 radical (unpaired) electrons. The Kier molecular flexibility index (Phi) is 3.92. The van der Waals surface area contributed by atoms with Gasteiger partial charge in [0.1, 0.15) is 5.82 Å². The van der Waals surface area contributed by atoms with Crippen molar-refractivity contribution in [2.45, 2.75) is 26.3 Å². The molecule has 0 bridgehead atoms. The molecule has 1 saturated heterocycles. The molecule has 5 nitrogen and oxygen atoms in total. The van der Waals surface area contributed by atoms with Crippen LogP contribution in [-0.4, -0.2) is 29.1 Å².